The Balaban J connectivity index is 3.16. The van der Waals surface area contributed by atoms with Gasteiger partial charge in [-0.25, -0.2) is 4.79 Å². The zero-order valence-corrected chi connectivity index (χ0v) is 19.7. The van der Waals surface area contributed by atoms with Crippen molar-refractivity contribution in [3.63, 3.8) is 0 Å². The highest BCUT2D eigenvalue weighted by molar-refractivity contribution is 5.92. The summed E-state index contributed by atoms with van der Waals surface area (Å²) in [6.45, 7) is 10.8. The third kappa shape index (κ3) is 8.20. The number of nitrogens with one attached hydrogen (secondary N) is 2. The number of carbonyl (C=O) groups is 3. The summed E-state index contributed by atoms with van der Waals surface area (Å²) in [7, 11) is 1.49. The quantitative estimate of drug-likeness (QED) is 0.517. The average Bonchev–Trinajstić information content (AvgIpc) is 2.66. The van der Waals surface area contributed by atoms with E-state index in [1.54, 1.807) is 20.8 Å². The summed E-state index contributed by atoms with van der Waals surface area (Å²) in [5, 5.41) is 15.0. The summed E-state index contributed by atoms with van der Waals surface area (Å²) in [6.07, 6.45) is 0.932. The van der Waals surface area contributed by atoms with E-state index in [4.69, 9.17) is 4.74 Å². The van der Waals surface area contributed by atoms with Gasteiger partial charge in [-0.05, 0) is 52.2 Å². The van der Waals surface area contributed by atoms with Crippen molar-refractivity contribution in [3.8, 4) is 0 Å². The third-order valence-electron chi connectivity index (χ3n) is 4.70. The minimum Gasteiger partial charge on any atom is -0.444 e. The lowest BCUT2D eigenvalue weighted by Crippen LogP contribution is -2.53. The Bertz CT molecular complexity index is 773. The maximum atomic E-state index is 13.1. The van der Waals surface area contributed by atoms with Crippen molar-refractivity contribution >= 4 is 17.9 Å². The predicted octanol–water partition coefficient (Wildman–Crippen LogP) is 2.60. The second kappa shape index (κ2) is 11.7. The first-order chi connectivity index (χ1) is 14.4. The number of aliphatic hydroxyl groups excluding tert-OH is 1. The molecule has 0 aliphatic carbocycles. The van der Waals surface area contributed by atoms with Crippen LogP contribution in [-0.2, 0) is 14.3 Å². The van der Waals surface area contributed by atoms with Gasteiger partial charge >= 0.3 is 6.09 Å². The van der Waals surface area contributed by atoms with Gasteiger partial charge in [0.05, 0.1) is 6.61 Å². The number of alkyl carbamates (subject to hydrolysis) is 1. The van der Waals surface area contributed by atoms with Gasteiger partial charge in [0.25, 0.3) is 0 Å². The zero-order valence-electron chi connectivity index (χ0n) is 19.7. The highest BCUT2D eigenvalue weighted by Gasteiger charge is 2.34. The Morgan fingerprint density at radius 1 is 1.19 bits per heavy atom. The molecule has 0 bridgehead atoms. The Morgan fingerprint density at radius 3 is 2.35 bits per heavy atom. The highest BCUT2D eigenvalue weighted by Crippen LogP contribution is 2.25. The van der Waals surface area contributed by atoms with Gasteiger partial charge in [0.15, 0.2) is 0 Å². The van der Waals surface area contributed by atoms with Crippen molar-refractivity contribution in [2.24, 2.45) is 0 Å². The summed E-state index contributed by atoms with van der Waals surface area (Å²) >= 11 is 0. The molecular weight excluding hydrogens is 398 g/mol. The molecule has 1 rings (SSSR count). The van der Waals surface area contributed by atoms with Crippen LogP contribution in [0.3, 0.4) is 0 Å². The number of likely N-dealkylation sites (N-methyl/N-ethyl adjacent to an activating group) is 1. The minimum absolute atomic E-state index is 0.315. The molecule has 0 spiro atoms. The second-order valence-corrected chi connectivity index (χ2v) is 8.74. The molecule has 31 heavy (non-hydrogen) atoms. The Kier molecular flexibility index (Phi) is 9.97. The smallest absolute Gasteiger partial charge is 0.408 e. The molecule has 0 heterocycles. The minimum atomic E-state index is -1.24. The van der Waals surface area contributed by atoms with Crippen LogP contribution in [0.1, 0.15) is 63.3 Å². The van der Waals surface area contributed by atoms with E-state index in [-0.39, 0.29) is 5.91 Å². The number of benzene rings is 1. The molecule has 0 radical (unpaired) electrons. The lowest BCUT2D eigenvalue weighted by Gasteiger charge is -2.32. The molecule has 0 fully saturated rings. The average molecular weight is 436 g/mol. The van der Waals surface area contributed by atoms with Crippen LogP contribution in [0.5, 0.6) is 0 Å². The first-order valence-electron chi connectivity index (χ1n) is 10.6. The highest BCUT2D eigenvalue weighted by atomic mass is 16.6. The van der Waals surface area contributed by atoms with Crippen molar-refractivity contribution in [2.75, 3.05) is 20.2 Å². The van der Waals surface area contributed by atoms with Crippen molar-refractivity contribution in [2.45, 2.75) is 72.1 Å². The number of ether oxygens (including phenoxy) is 1. The fourth-order valence-electron chi connectivity index (χ4n) is 3.15. The summed E-state index contributed by atoms with van der Waals surface area (Å²) in [6, 6.07) is 3.52. The number of hydrogen-bond donors (Lipinski definition) is 3. The predicted molar refractivity (Wildman–Crippen MR) is 120 cm³/mol. The summed E-state index contributed by atoms with van der Waals surface area (Å²) < 4.78 is 5.18. The van der Waals surface area contributed by atoms with Crippen LogP contribution in [0, 0.1) is 13.8 Å². The summed E-state index contributed by atoms with van der Waals surface area (Å²) in [5.41, 5.74) is 1.85. The number of aryl methyl sites for hydroxylation is 2. The molecule has 0 saturated heterocycles. The van der Waals surface area contributed by atoms with E-state index >= 15 is 0 Å². The van der Waals surface area contributed by atoms with Gasteiger partial charge in [-0.2, -0.15) is 0 Å². The molecule has 3 N–H and O–H groups in total. The largest absolute Gasteiger partial charge is 0.444 e. The van der Waals surface area contributed by atoms with Crippen molar-refractivity contribution < 1.29 is 24.2 Å². The number of aliphatic hydroxyl groups is 1. The van der Waals surface area contributed by atoms with Crippen LogP contribution in [-0.4, -0.2) is 59.8 Å². The SMILES string of the molecule is CCCCNC(=O)C(c1ccc(C)cc1C)N(C)C(=O)C(CO)NC(=O)OC(C)(C)C. The van der Waals surface area contributed by atoms with E-state index in [2.05, 4.69) is 10.6 Å². The lowest BCUT2D eigenvalue weighted by atomic mass is 9.97. The molecule has 2 atom stereocenters. The van der Waals surface area contributed by atoms with E-state index in [1.807, 2.05) is 39.0 Å². The molecule has 0 aliphatic rings. The third-order valence-corrected chi connectivity index (χ3v) is 4.70. The molecule has 2 unspecified atom stereocenters. The normalized spacial score (nSPS) is 13.2. The van der Waals surface area contributed by atoms with Crippen molar-refractivity contribution in [3.05, 3.63) is 34.9 Å². The van der Waals surface area contributed by atoms with Crippen LogP contribution >= 0.6 is 0 Å². The number of nitrogens with zero attached hydrogens (tertiary/aromatic N) is 1. The fraction of sp³-hybridized carbons (Fsp3) is 0.609. The standard InChI is InChI=1S/C23H37N3O5/c1-8-9-12-24-20(28)19(17-11-10-15(2)13-16(17)3)26(7)21(29)18(14-27)25-22(30)31-23(4,5)6/h10-11,13,18-19,27H,8-9,12,14H2,1-7H3,(H,24,28)(H,25,30). The maximum absolute atomic E-state index is 13.1. The maximum Gasteiger partial charge on any atom is 0.408 e. The van der Waals surface area contributed by atoms with Crippen LogP contribution in [0.25, 0.3) is 0 Å². The molecule has 0 aliphatic heterocycles. The molecule has 174 valence electrons. The first-order valence-corrected chi connectivity index (χ1v) is 10.6. The second-order valence-electron chi connectivity index (χ2n) is 8.74. The monoisotopic (exact) mass is 435 g/mol. The molecule has 8 heteroatoms. The number of rotatable bonds is 9. The molecule has 0 aromatic heterocycles. The van der Waals surface area contributed by atoms with Crippen LogP contribution in [0.15, 0.2) is 18.2 Å². The van der Waals surface area contributed by atoms with Gasteiger partial charge < -0.3 is 25.4 Å². The summed E-state index contributed by atoms with van der Waals surface area (Å²) in [4.78, 5) is 39.5. The zero-order chi connectivity index (χ0) is 23.8. The van der Waals surface area contributed by atoms with Crippen molar-refractivity contribution in [1.82, 2.24) is 15.5 Å². The van der Waals surface area contributed by atoms with Crippen LogP contribution in [0.2, 0.25) is 0 Å². The molecule has 1 aromatic rings. The van der Waals surface area contributed by atoms with E-state index in [0.717, 1.165) is 24.0 Å². The lowest BCUT2D eigenvalue weighted by molar-refractivity contribution is -0.141. The number of unbranched alkanes of at least 4 members (excludes halogenated alkanes) is 1. The number of carbonyl (C=O) groups excluding carboxylic acids is 3. The van der Waals surface area contributed by atoms with Crippen LogP contribution < -0.4 is 10.6 Å². The molecule has 1 aromatic carbocycles. The molecule has 3 amide bonds. The Labute approximate surface area is 185 Å². The van der Waals surface area contributed by atoms with Crippen molar-refractivity contribution in [1.29, 1.82) is 0 Å². The Morgan fingerprint density at radius 2 is 1.84 bits per heavy atom. The van der Waals surface area contributed by atoms with Gasteiger partial charge in [-0.3, -0.25) is 9.59 Å². The molecular formula is C23H37N3O5. The molecule has 8 nitrogen and oxygen atoms in total. The van der Waals surface area contributed by atoms with E-state index in [1.165, 1.54) is 11.9 Å². The van der Waals surface area contributed by atoms with Gasteiger partial charge in [-0.15, -0.1) is 0 Å². The van der Waals surface area contributed by atoms with E-state index < -0.39 is 36.3 Å². The summed E-state index contributed by atoms with van der Waals surface area (Å²) in [5.74, 6) is -0.908. The first kappa shape index (κ1) is 26.4. The van der Waals surface area contributed by atoms with E-state index in [0.29, 0.717) is 12.1 Å². The van der Waals surface area contributed by atoms with Gasteiger partial charge in [0.2, 0.25) is 11.8 Å². The topological polar surface area (TPSA) is 108 Å². The van der Waals surface area contributed by atoms with Gasteiger partial charge in [0.1, 0.15) is 17.7 Å². The van der Waals surface area contributed by atoms with Gasteiger partial charge in [-0.1, -0.05) is 37.1 Å². The fourth-order valence-corrected chi connectivity index (χ4v) is 3.15. The van der Waals surface area contributed by atoms with E-state index in [9.17, 15) is 19.5 Å². The van der Waals surface area contributed by atoms with Gasteiger partial charge in [0, 0.05) is 13.6 Å². The Hall–Kier alpha value is -2.61. The molecule has 0 saturated carbocycles. The number of hydrogen-bond acceptors (Lipinski definition) is 5. The van der Waals surface area contributed by atoms with Crippen LogP contribution in [0.4, 0.5) is 4.79 Å². The number of amides is 3.